The van der Waals surface area contributed by atoms with E-state index in [4.69, 9.17) is 9.40 Å². The Hall–Kier alpha value is -3.90. The number of pyridine rings is 1. The Morgan fingerprint density at radius 3 is 2.60 bits per heavy atom. The lowest BCUT2D eigenvalue weighted by Gasteiger charge is -2.32. The van der Waals surface area contributed by atoms with Crippen molar-refractivity contribution in [3.63, 3.8) is 0 Å². The van der Waals surface area contributed by atoms with Gasteiger partial charge in [-0.3, -0.25) is 14.8 Å². The van der Waals surface area contributed by atoms with Crippen molar-refractivity contribution in [1.82, 2.24) is 34.9 Å². The molecule has 35 heavy (non-hydrogen) atoms. The summed E-state index contributed by atoms with van der Waals surface area (Å²) >= 11 is 0. The monoisotopic (exact) mass is 486 g/mol. The number of hydrogen-bond acceptors (Lipinski definition) is 8. The van der Waals surface area contributed by atoms with E-state index >= 15 is 0 Å². The smallest absolute Gasteiger partial charge is 0.425 e. The van der Waals surface area contributed by atoms with Gasteiger partial charge in [-0.1, -0.05) is 6.07 Å². The first-order chi connectivity index (χ1) is 16.7. The SMILES string of the molecule is C/N=C/c1nn(C(C)c2ccc(C(F)(F)F)nc2)c2nc(C3CCC3c3nnc(C)o3)[nH]c(=O)c12. The number of hydrogen-bond donors (Lipinski definition) is 1. The Labute approximate surface area is 196 Å². The van der Waals surface area contributed by atoms with Gasteiger partial charge in [0.1, 0.15) is 22.6 Å². The predicted molar refractivity (Wildman–Crippen MR) is 118 cm³/mol. The lowest BCUT2D eigenvalue weighted by atomic mass is 9.73. The van der Waals surface area contributed by atoms with E-state index in [-0.39, 0.29) is 22.8 Å². The zero-order valence-electron chi connectivity index (χ0n) is 19.0. The summed E-state index contributed by atoms with van der Waals surface area (Å²) in [7, 11) is 1.55. The van der Waals surface area contributed by atoms with Gasteiger partial charge in [0.25, 0.3) is 5.56 Å². The fourth-order valence-corrected chi connectivity index (χ4v) is 4.29. The molecule has 1 N–H and O–H groups in total. The quantitative estimate of drug-likeness (QED) is 0.427. The summed E-state index contributed by atoms with van der Waals surface area (Å²) in [5, 5.41) is 12.7. The average molecular weight is 486 g/mol. The van der Waals surface area contributed by atoms with Gasteiger partial charge < -0.3 is 9.40 Å². The molecule has 0 radical (unpaired) electrons. The number of aromatic nitrogens is 7. The molecule has 1 saturated carbocycles. The highest BCUT2D eigenvalue weighted by molar-refractivity contribution is 5.95. The molecule has 1 aliphatic rings. The van der Waals surface area contributed by atoms with Crippen molar-refractivity contribution in [3.8, 4) is 0 Å². The molecule has 4 aromatic rings. The van der Waals surface area contributed by atoms with Crippen LogP contribution in [0.2, 0.25) is 0 Å². The van der Waals surface area contributed by atoms with Crippen LogP contribution in [0.4, 0.5) is 13.2 Å². The molecular weight excluding hydrogens is 465 g/mol. The van der Waals surface area contributed by atoms with Gasteiger partial charge in [0.05, 0.1) is 6.04 Å². The molecule has 0 amide bonds. The average Bonchev–Trinajstić information content (AvgIpc) is 3.36. The molecule has 0 saturated heterocycles. The Balaban J connectivity index is 1.58. The predicted octanol–water partition coefficient (Wildman–Crippen LogP) is 3.54. The summed E-state index contributed by atoms with van der Waals surface area (Å²) < 4.78 is 45.9. The second kappa shape index (κ2) is 8.40. The Kier molecular flexibility index (Phi) is 5.49. The van der Waals surface area contributed by atoms with Crippen molar-refractivity contribution in [2.75, 3.05) is 7.05 Å². The van der Waals surface area contributed by atoms with E-state index in [1.165, 1.54) is 17.0 Å². The van der Waals surface area contributed by atoms with Gasteiger partial charge in [-0.25, -0.2) is 9.67 Å². The fraction of sp³-hybridized carbons (Fsp3) is 0.409. The zero-order valence-corrected chi connectivity index (χ0v) is 19.0. The third-order valence-electron chi connectivity index (χ3n) is 6.27. The van der Waals surface area contributed by atoms with Crippen LogP contribution in [0.25, 0.3) is 11.0 Å². The Morgan fingerprint density at radius 1 is 1.26 bits per heavy atom. The van der Waals surface area contributed by atoms with Crippen LogP contribution in [0.15, 0.2) is 32.5 Å². The molecule has 0 bridgehead atoms. The molecule has 0 aliphatic heterocycles. The molecular formula is C22H21F3N8O2. The van der Waals surface area contributed by atoms with Gasteiger partial charge in [-0.05, 0) is 31.4 Å². The number of alkyl halides is 3. The van der Waals surface area contributed by atoms with Crippen molar-refractivity contribution < 1.29 is 17.6 Å². The number of aryl methyl sites for hydroxylation is 1. The largest absolute Gasteiger partial charge is 0.433 e. The van der Waals surface area contributed by atoms with E-state index in [9.17, 15) is 18.0 Å². The summed E-state index contributed by atoms with van der Waals surface area (Å²) in [6.07, 6.45) is -0.348. The highest BCUT2D eigenvalue weighted by Crippen LogP contribution is 2.47. The summed E-state index contributed by atoms with van der Waals surface area (Å²) in [4.78, 5) is 28.2. The van der Waals surface area contributed by atoms with E-state index in [1.807, 2.05) is 0 Å². The third kappa shape index (κ3) is 4.00. The van der Waals surface area contributed by atoms with Crippen LogP contribution < -0.4 is 5.56 Å². The third-order valence-corrected chi connectivity index (χ3v) is 6.27. The van der Waals surface area contributed by atoms with Crippen LogP contribution in [-0.2, 0) is 6.18 Å². The van der Waals surface area contributed by atoms with Gasteiger partial charge in [-0.2, -0.15) is 18.3 Å². The minimum Gasteiger partial charge on any atom is -0.425 e. The molecule has 5 rings (SSSR count). The van der Waals surface area contributed by atoms with E-state index in [0.717, 1.165) is 25.1 Å². The standard InChI is InChI=1S/C22H21F3N8O2/c1-10(12-4-7-16(27-8-12)22(23,24)25)33-19-17(15(32-33)9-26-3)20(34)29-18(28-19)13-5-6-14(13)21-31-30-11(2)35-21/h4,7-10,13-14H,5-6H2,1-3H3,(H,28,29,34)/b26-9+. The minimum atomic E-state index is -4.54. The van der Waals surface area contributed by atoms with Crippen LogP contribution in [-0.4, -0.2) is 48.2 Å². The van der Waals surface area contributed by atoms with E-state index in [1.54, 1.807) is 20.9 Å². The zero-order chi connectivity index (χ0) is 24.9. The first kappa shape index (κ1) is 22.9. The molecule has 13 heteroatoms. The van der Waals surface area contributed by atoms with E-state index < -0.39 is 17.9 Å². The van der Waals surface area contributed by atoms with Crippen LogP contribution in [0.5, 0.6) is 0 Å². The lowest BCUT2D eigenvalue weighted by Crippen LogP contribution is -2.27. The lowest BCUT2D eigenvalue weighted by molar-refractivity contribution is -0.141. The van der Waals surface area contributed by atoms with Crippen molar-refractivity contribution in [1.29, 1.82) is 0 Å². The fourth-order valence-electron chi connectivity index (χ4n) is 4.29. The Morgan fingerprint density at radius 2 is 2.03 bits per heavy atom. The topological polar surface area (TPSA) is 128 Å². The molecule has 4 aromatic heterocycles. The normalized spacial score (nSPS) is 19.4. The summed E-state index contributed by atoms with van der Waals surface area (Å²) in [5.74, 6) is 1.23. The molecule has 1 fully saturated rings. The van der Waals surface area contributed by atoms with Gasteiger partial charge in [0.2, 0.25) is 11.8 Å². The van der Waals surface area contributed by atoms with Crippen molar-refractivity contribution in [3.05, 3.63) is 63.2 Å². The van der Waals surface area contributed by atoms with Crippen molar-refractivity contribution in [2.24, 2.45) is 4.99 Å². The molecule has 3 atom stereocenters. The first-order valence-corrected chi connectivity index (χ1v) is 10.9. The van der Waals surface area contributed by atoms with Crippen LogP contribution in [0.1, 0.15) is 72.2 Å². The molecule has 4 heterocycles. The maximum absolute atomic E-state index is 13.1. The molecule has 182 valence electrons. The highest BCUT2D eigenvalue weighted by atomic mass is 19.4. The van der Waals surface area contributed by atoms with Crippen LogP contribution >= 0.6 is 0 Å². The van der Waals surface area contributed by atoms with Gasteiger partial charge in [0.15, 0.2) is 5.65 Å². The maximum atomic E-state index is 13.1. The second-order valence-corrected chi connectivity index (χ2v) is 8.47. The second-order valence-electron chi connectivity index (χ2n) is 8.47. The summed E-state index contributed by atoms with van der Waals surface area (Å²) in [6.45, 7) is 3.46. The number of rotatable bonds is 5. The molecule has 0 aromatic carbocycles. The molecule has 3 unspecified atom stereocenters. The van der Waals surface area contributed by atoms with Crippen LogP contribution in [0, 0.1) is 6.92 Å². The maximum Gasteiger partial charge on any atom is 0.433 e. The number of H-pyrrole nitrogens is 1. The number of nitrogens with zero attached hydrogens (tertiary/aromatic N) is 7. The van der Waals surface area contributed by atoms with Crippen LogP contribution in [0.3, 0.4) is 0 Å². The molecule has 0 spiro atoms. The number of nitrogens with one attached hydrogen (secondary N) is 1. The van der Waals surface area contributed by atoms with E-state index in [0.29, 0.717) is 34.5 Å². The number of halogens is 3. The first-order valence-electron chi connectivity index (χ1n) is 10.9. The summed E-state index contributed by atoms with van der Waals surface area (Å²) in [6, 6.07) is 1.71. The van der Waals surface area contributed by atoms with Gasteiger partial charge in [-0.15, -0.1) is 10.2 Å². The summed E-state index contributed by atoms with van der Waals surface area (Å²) in [5.41, 5.74) is -0.266. The molecule has 1 aliphatic carbocycles. The number of fused-ring (bicyclic) bond motifs is 1. The van der Waals surface area contributed by atoms with Gasteiger partial charge >= 0.3 is 6.18 Å². The Bertz CT molecular complexity index is 1470. The minimum absolute atomic E-state index is 0.0682. The highest BCUT2D eigenvalue weighted by Gasteiger charge is 2.39. The van der Waals surface area contributed by atoms with Crippen molar-refractivity contribution in [2.45, 2.75) is 50.7 Å². The number of aliphatic imine (C=N–C) groups is 1. The number of aromatic amines is 1. The van der Waals surface area contributed by atoms with E-state index in [2.05, 4.69) is 30.3 Å². The molecule has 10 nitrogen and oxygen atoms in total. The van der Waals surface area contributed by atoms with Crippen molar-refractivity contribution >= 4 is 17.2 Å². The van der Waals surface area contributed by atoms with Gasteiger partial charge in [0, 0.05) is 38.2 Å².